The van der Waals surface area contributed by atoms with Crippen molar-refractivity contribution >= 4 is 29.3 Å². The summed E-state index contributed by atoms with van der Waals surface area (Å²) < 4.78 is 6.18. The van der Waals surface area contributed by atoms with Gasteiger partial charge in [0.1, 0.15) is 11.2 Å². The Morgan fingerprint density at radius 3 is 2.59 bits per heavy atom. The van der Waals surface area contributed by atoms with Crippen molar-refractivity contribution in [3.05, 3.63) is 78.2 Å². The maximum atomic E-state index is 6.25. The topological polar surface area (TPSA) is 64.3 Å². The van der Waals surface area contributed by atoms with E-state index in [0.29, 0.717) is 11.6 Å². The van der Waals surface area contributed by atoms with Crippen LogP contribution in [-0.2, 0) is 0 Å². The number of para-hydroxylation sites is 1. The van der Waals surface area contributed by atoms with Crippen LogP contribution in [0.3, 0.4) is 0 Å². The Bertz CT molecular complexity index is 951. The molecule has 136 valence electrons. The van der Waals surface area contributed by atoms with Crippen LogP contribution in [0.5, 0.6) is 11.5 Å². The zero-order valence-electron chi connectivity index (χ0n) is 14.6. The molecule has 3 heterocycles. The lowest BCUT2D eigenvalue weighted by atomic mass is 10.3. The van der Waals surface area contributed by atoms with Gasteiger partial charge in [-0.25, -0.2) is 4.98 Å². The second-order valence-electron chi connectivity index (χ2n) is 5.85. The molecule has 0 saturated carbocycles. The monoisotopic (exact) mass is 394 g/mol. The van der Waals surface area contributed by atoms with E-state index >= 15 is 0 Å². The molecule has 27 heavy (non-hydrogen) atoms. The van der Waals surface area contributed by atoms with Gasteiger partial charge in [0, 0.05) is 40.1 Å². The van der Waals surface area contributed by atoms with Crippen molar-refractivity contribution in [2.24, 2.45) is 5.73 Å². The third kappa shape index (κ3) is 4.10. The molecule has 2 N–H and O–H groups in total. The molecule has 1 atom stereocenters. The smallest absolute Gasteiger partial charge is 0.178 e. The molecule has 0 saturated heterocycles. The number of ether oxygens (including phenoxy) is 1. The van der Waals surface area contributed by atoms with Crippen LogP contribution in [0.25, 0.3) is 0 Å². The molecule has 0 radical (unpaired) electrons. The molecule has 0 fully saturated rings. The second-order valence-corrected chi connectivity index (χ2v) is 7.99. The first-order chi connectivity index (χ1) is 13.2. The lowest BCUT2D eigenvalue weighted by molar-refractivity contribution is 0.478. The summed E-state index contributed by atoms with van der Waals surface area (Å²) in [4.78, 5) is 12.8. The van der Waals surface area contributed by atoms with E-state index in [1.54, 1.807) is 35.9 Å². The van der Waals surface area contributed by atoms with Gasteiger partial charge < -0.3 is 15.4 Å². The van der Waals surface area contributed by atoms with Crippen LogP contribution >= 0.6 is 23.5 Å². The van der Waals surface area contributed by atoms with E-state index in [9.17, 15) is 0 Å². The van der Waals surface area contributed by atoms with Crippen molar-refractivity contribution in [2.75, 3.05) is 4.90 Å². The summed E-state index contributed by atoms with van der Waals surface area (Å²) in [6.07, 6.45) is 5.40. The predicted molar refractivity (Wildman–Crippen MR) is 111 cm³/mol. The number of allylic oxidation sites excluding steroid dienone is 1. The van der Waals surface area contributed by atoms with Crippen molar-refractivity contribution in [1.82, 2.24) is 9.97 Å². The summed E-state index contributed by atoms with van der Waals surface area (Å²) in [7, 11) is 0. The van der Waals surface area contributed by atoms with E-state index in [0.717, 1.165) is 21.2 Å². The van der Waals surface area contributed by atoms with Crippen molar-refractivity contribution in [2.45, 2.75) is 22.2 Å². The van der Waals surface area contributed by atoms with Crippen LogP contribution in [0.4, 0.5) is 5.82 Å². The number of aromatic nitrogens is 2. The Labute approximate surface area is 166 Å². The Kier molecular flexibility index (Phi) is 5.33. The molecule has 0 bridgehead atoms. The number of nitrogens with zero attached hydrogens (tertiary/aromatic N) is 3. The van der Waals surface area contributed by atoms with Gasteiger partial charge in [-0.05, 0) is 36.6 Å². The van der Waals surface area contributed by atoms with Crippen LogP contribution in [0.1, 0.15) is 6.92 Å². The zero-order chi connectivity index (χ0) is 18.6. The zero-order valence-corrected chi connectivity index (χ0v) is 16.3. The molecule has 4 rings (SSSR count). The molecule has 5 nitrogen and oxygen atoms in total. The first-order valence-electron chi connectivity index (χ1n) is 8.38. The Hall–Kier alpha value is -2.48. The number of hydrogen-bond donors (Lipinski definition) is 1. The normalized spacial score (nSPS) is 16.3. The molecule has 1 aliphatic rings. The highest BCUT2D eigenvalue weighted by atomic mass is 32.2. The van der Waals surface area contributed by atoms with Gasteiger partial charge in [-0.2, -0.15) is 0 Å². The molecule has 1 aromatic carbocycles. The minimum atomic E-state index is -0.214. The van der Waals surface area contributed by atoms with Crippen molar-refractivity contribution in [1.29, 1.82) is 0 Å². The van der Waals surface area contributed by atoms with Crippen LogP contribution in [0.15, 0.2) is 88.0 Å². The van der Waals surface area contributed by atoms with Gasteiger partial charge in [0.05, 0.1) is 0 Å². The quantitative estimate of drug-likeness (QED) is 0.647. The average molecular weight is 395 g/mol. The molecule has 0 aliphatic carbocycles. The number of pyridine rings is 2. The van der Waals surface area contributed by atoms with Crippen LogP contribution in [0.2, 0.25) is 0 Å². The van der Waals surface area contributed by atoms with Crippen LogP contribution in [-0.4, -0.2) is 15.5 Å². The number of hydrogen-bond acceptors (Lipinski definition) is 7. The van der Waals surface area contributed by atoms with Gasteiger partial charge in [-0.15, -0.1) is 0 Å². The van der Waals surface area contributed by atoms with E-state index in [1.807, 2.05) is 72.0 Å². The molecule has 0 spiro atoms. The van der Waals surface area contributed by atoms with Crippen molar-refractivity contribution in [3.8, 4) is 11.5 Å². The highest BCUT2D eigenvalue weighted by molar-refractivity contribution is 8.03. The van der Waals surface area contributed by atoms with Crippen molar-refractivity contribution in [3.63, 3.8) is 0 Å². The predicted octanol–water partition coefficient (Wildman–Crippen LogP) is 5.08. The van der Waals surface area contributed by atoms with Crippen LogP contribution < -0.4 is 15.4 Å². The Balaban J connectivity index is 1.71. The fourth-order valence-electron chi connectivity index (χ4n) is 2.66. The Morgan fingerprint density at radius 1 is 1.11 bits per heavy atom. The van der Waals surface area contributed by atoms with Crippen molar-refractivity contribution < 1.29 is 4.74 Å². The first-order valence-corrected chi connectivity index (χ1v) is 10.1. The van der Waals surface area contributed by atoms with Gasteiger partial charge in [-0.3, -0.25) is 4.98 Å². The molecule has 1 unspecified atom stereocenters. The van der Waals surface area contributed by atoms with E-state index in [-0.39, 0.29) is 5.50 Å². The van der Waals surface area contributed by atoms with E-state index in [2.05, 4.69) is 9.97 Å². The highest BCUT2D eigenvalue weighted by Gasteiger charge is 2.27. The first kappa shape index (κ1) is 17.9. The molecule has 2 aromatic heterocycles. The maximum Gasteiger partial charge on any atom is 0.178 e. The van der Waals surface area contributed by atoms with Gasteiger partial charge >= 0.3 is 0 Å². The summed E-state index contributed by atoms with van der Waals surface area (Å²) in [5, 5.41) is 2.04. The van der Waals surface area contributed by atoms with Gasteiger partial charge in [0.2, 0.25) is 0 Å². The third-order valence-corrected chi connectivity index (χ3v) is 5.84. The summed E-state index contributed by atoms with van der Waals surface area (Å²) in [5.41, 5.74) is 7.09. The standard InChI is InChI=1S/C20H18N4OS2/c1-14-13-26-20(21)24(14)19-18(25-15-5-3-2-4-6-15)11-17(12-23-19)27-16-7-9-22-10-8-16/h2-13,20H,21H2,1H3. The molecular formula is C20H18N4OS2. The fourth-order valence-corrected chi connectivity index (χ4v) is 4.30. The molecule has 3 aromatic rings. The highest BCUT2D eigenvalue weighted by Crippen LogP contribution is 2.41. The SMILES string of the molecule is CC1=CSC(N)N1c1ncc(Sc2ccncc2)cc1Oc1ccccc1. The number of thioether (sulfide) groups is 1. The number of anilines is 1. The van der Waals surface area contributed by atoms with Crippen LogP contribution in [0, 0.1) is 0 Å². The van der Waals surface area contributed by atoms with E-state index in [1.165, 1.54) is 0 Å². The van der Waals surface area contributed by atoms with Gasteiger partial charge in [0.25, 0.3) is 0 Å². The summed E-state index contributed by atoms with van der Waals surface area (Å²) in [5.74, 6) is 2.14. The molecule has 0 amide bonds. The van der Waals surface area contributed by atoms with Gasteiger partial charge in [0.15, 0.2) is 11.6 Å². The third-order valence-electron chi connectivity index (χ3n) is 3.90. The maximum absolute atomic E-state index is 6.25. The number of nitrogens with two attached hydrogens (primary N) is 1. The average Bonchev–Trinajstić information content (AvgIpc) is 3.02. The second kappa shape index (κ2) is 8.04. The largest absolute Gasteiger partial charge is 0.453 e. The minimum absolute atomic E-state index is 0.214. The number of benzene rings is 1. The van der Waals surface area contributed by atoms with Gasteiger partial charge in [-0.1, -0.05) is 41.7 Å². The molecule has 7 heteroatoms. The summed E-state index contributed by atoms with van der Waals surface area (Å²) in [6.45, 7) is 2.02. The molecular weight excluding hydrogens is 376 g/mol. The minimum Gasteiger partial charge on any atom is -0.453 e. The Morgan fingerprint density at radius 2 is 1.89 bits per heavy atom. The summed E-state index contributed by atoms with van der Waals surface area (Å²) >= 11 is 3.18. The lowest BCUT2D eigenvalue weighted by Crippen LogP contribution is -2.35. The van der Waals surface area contributed by atoms with E-state index < -0.39 is 0 Å². The fraction of sp³-hybridized carbons (Fsp3) is 0.100. The lowest BCUT2D eigenvalue weighted by Gasteiger charge is -2.26. The summed E-state index contributed by atoms with van der Waals surface area (Å²) in [6, 6.07) is 15.6. The van der Waals surface area contributed by atoms with E-state index in [4.69, 9.17) is 10.5 Å². The molecule has 1 aliphatic heterocycles. The number of rotatable bonds is 5.